The molecule has 2 aromatic carbocycles. The summed E-state index contributed by atoms with van der Waals surface area (Å²) in [5.74, 6) is 0.848. The summed E-state index contributed by atoms with van der Waals surface area (Å²) >= 11 is 0. The Labute approximate surface area is 178 Å². The van der Waals surface area contributed by atoms with Gasteiger partial charge in [0.15, 0.2) is 0 Å². The van der Waals surface area contributed by atoms with Crippen LogP contribution in [-0.2, 0) is 16.0 Å². The van der Waals surface area contributed by atoms with Crippen LogP contribution >= 0.6 is 0 Å². The van der Waals surface area contributed by atoms with Gasteiger partial charge in [0, 0.05) is 45.7 Å². The molecule has 2 amide bonds. The highest BCUT2D eigenvalue weighted by Crippen LogP contribution is 2.29. The molecule has 2 fully saturated rings. The van der Waals surface area contributed by atoms with E-state index in [9.17, 15) is 9.59 Å². The third kappa shape index (κ3) is 4.42. The molecular formula is C24H29N3O3. The van der Waals surface area contributed by atoms with Crippen molar-refractivity contribution in [2.24, 2.45) is 5.92 Å². The van der Waals surface area contributed by atoms with E-state index in [1.54, 1.807) is 7.11 Å². The van der Waals surface area contributed by atoms with Gasteiger partial charge in [0.1, 0.15) is 5.75 Å². The molecule has 30 heavy (non-hydrogen) atoms. The summed E-state index contributed by atoms with van der Waals surface area (Å²) in [7, 11) is 1.68. The van der Waals surface area contributed by atoms with Gasteiger partial charge in [-0.15, -0.1) is 0 Å². The van der Waals surface area contributed by atoms with Crippen LogP contribution in [0.2, 0.25) is 0 Å². The molecule has 0 saturated carbocycles. The molecule has 1 atom stereocenters. The van der Waals surface area contributed by atoms with Gasteiger partial charge >= 0.3 is 0 Å². The number of likely N-dealkylation sites (tertiary alicyclic amines) is 1. The fourth-order valence-corrected chi connectivity index (χ4v) is 4.38. The molecule has 6 nitrogen and oxygen atoms in total. The highest BCUT2D eigenvalue weighted by molar-refractivity contribution is 5.89. The van der Waals surface area contributed by atoms with E-state index in [-0.39, 0.29) is 17.7 Å². The monoisotopic (exact) mass is 407 g/mol. The first-order chi connectivity index (χ1) is 14.7. The standard InChI is InChI=1S/C24H29N3O3/c1-30-22-10-6-5-9-21(22)25-13-15-26(16-14-25)24(29)20-17-23(28)27(18-20)12-11-19-7-3-2-4-8-19/h2-10,20H,11-18H2,1H3/t20-/m0/s1. The van der Waals surface area contributed by atoms with Crippen LogP contribution in [0.3, 0.4) is 0 Å². The first kappa shape index (κ1) is 20.3. The Kier molecular flexibility index (Phi) is 6.21. The topological polar surface area (TPSA) is 53.1 Å². The number of para-hydroxylation sites is 2. The van der Waals surface area contributed by atoms with Crippen LogP contribution in [0.5, 0.6) is 5.75 Å². The lowest BCUT2D eigenvalue weighted by Gasteiger charge is -2.37. The zero-order valence-electron chi connectivity index (χ0n) is 17.5. The predicted octanol–water partition coefficient (Wildman–Crippen LogP) is 2.44. The first-order valence-electron chi connectivity index (χ1n) is 10.6. The van der Waals surface area contributed by atoms with Crippen molar-refractivity contribution in [2.45, 2.75) is 12.8 Å². The molecule has 0 aliphatic carbocycles. The van der Waals surface area contributed by atoms with Gasteiger partial charge in [0.2, 0.25) is 11.8 Å². The Morgan fingerprint density at radius 3 is 2.43 bits per heavy atom. The fourth-order valence-electron chi connectivity index (χ4n) is 4.38. The SMILES string of the molecule is COc1ccccc1N1CCN(C(=O)[C@H]2CC(=O)N(CCc3ccccc3)C2)CC1. The highest BCUT2D eigenvalue weighted by atomic mass is 16.5. The molecule has 6 heteroatoms. The normalized spacial score (nSPS) is 19.3. The molecular weight excluding hydrogens is 378 g/mol. The Bertz CT molecular complexity index is 878. The number of hydrogen-bond acceptors (Lipinski definition) is 4. The summed E-state index contributed by atoms with van der Waals surface area (Å²) in [6, 6.07) is 18.1. The first-order valence-corrected chi connectivity index (χ1v) is 10.6. The summed E-state index contributed by atoms with van der Waals surface area (Å²) in [5, 5.41) is 0. The van der Waals surface area contributed by atoms with Gasteiger partial charge < -0.3 is 19.4 Å². The molecule has 0 N–H and O–H groups in total. The van der Waals surface area contributed by atoms with Gasteiger partial charge in [-0.25, -0.2) is 0 Å². The lowest BCUT2D eigenvalue weighted by molar-refractivity contribution is -0.136. The second-order valence-electron chi connectivity index (χ2n) is 7.96. The van der Waals surface area contributed by atoms with E-state index < -0.39 is 0 Å². The second-order valence-corrected chi connectivity index (χ2v) is 7.96. The number of ether oxygens (including phenoxy) is 1. The second kappa shape index (κ2) is 9.20. The minimum absolute atomic E-state index is 0.0944. The number of methoxy groups -OCH3 is 1. The number of hydrogen-bond donors (Lipinski definition) is 0. The molecule has 0 spiro atoms. The van der Waals surface area contributed by atoms with Crippen molar-refractivity contribution < 1.29 is 14.3 Å². The maximum Gasteiger partial charge on any atom is 0.228 e. The Hall–Kier alpha value is -3.02. The van der Waals surface area contributed by atoms with Crippen LogP contribution in [0.4, 0.5) is 5.69 Å². The molecule has 2 aliphatic heterocycles. The number of rotatable bonds is 6. The van der Waals surface area contributed by atoms with Crippen LogP contribution in [0.1, 0.15) is 12.0 Å². The number of carbonyl (C=O) groups is 2. The molecule has 2 aromatic rings. The van der Waals surface area contributed by atoms with Crippen molar-refractivity contribution in [2.75, 3.05) is 51.3 Å². The molecule has 2 aliphatic rings. The lowest BCUT2D eigenvalue weighted by atomic mass is 10.1. The summed E-state index contributed by atoms with van der Waals surface area (Å²) in [5.41, 5.74) is 2.28. The van der Waals surface area contributed by atoms with E-state index >= 15 is 0 Å². The molecule has 0 radical (unpaired) electrons. The third-order valence-corrected chi connectivity index (χ3v) is 6.09. The average molecular weight is 408 g/mol. The van der Waals surface area contributed by atoms with Crippen LogP contribution < -0.4 is 9.64 Å². The molecule has 4 rings (SSSR count). The molecule has 2 heterocycles. The molecule has 2 saturated heterocycles. The van der Waals surface area contributed by atoms with Gasteiger partial charge in [0.25, 0.3) is 0 Å². The van der Waals surface area contributed by atoms with E-state index in [4.69, 9.17) is 4.74 Å². The Morgan fingerprint density at radius 1 is 1.00 bits per heavy atom. The fraction of sp³-hybridized carbons (Fsp3) is 0.417. The number of amides is 2. The van der Waals surface area contributed by atoms with E-state index in [1.807, 2.05) is 46.2 Å². The molecule has 0 bridgehead atoms. The molecule has 158 valence electrons. The van der Waals surface area contributed by atoms with E-state index in [1.165, 1.54) is 5.56 Å². The van der Waals surface area contributed by atoms with Gasteiger partial charge in [-0.1, -0.05) is 42.5 Å². The number of nitrogens with zero attached hydrogens (tertiary/aromatic N) is 3. The van der Waals surface area contributed by atoms with Gasteiger partial charge in [-0.3, -0.25) is 9.59 Å². The maximum atomic E-state index is 13.0. The minimum Gasteiger partial charge on any atom is -0.495 e. The number of piperazine rings is 1. The number of benzene rings is 2. The summed E-state index contributed by atoms with van der Waals surface area (Å²) in [6.45, 7) is 4.09. The average Bonchev–Trinajstić information content (AvgIpc) is 3.18. The smallest absolute Gasteiger partial charge is 0.228 e. The Balaban J connectivity index is 1.29. The third-order valence-electron chi connectivity index (χ3n) is 6.09. The van der Waals surface area contributed by atoms with E-state index in [0.29, 0.717) is 32.6 Å². The molecule has 0 unspecified atom stereocenters. The van der Waals surface area contributed by atoms with E-state index in [0.717, 1.165) is 30.9 Å². The Morgan fingerprint density at radius 2 is 1.70 bits per heavy atom. The van der Waals surface area contributed by atoms with Gasteiger partial charge in [0.05, 0.1) is 18.7 Å². The number of carbonyl (C=O) groups excluding carboxylic acids is 2. The lowest BCUT2D eigenvalue weighted by Crippen LogP contribution is -2.50. The highest BCUT2D eigenvalue weighted by Gasteiger charge is 2.37. The molecule has 0 aromatic heterocycles. The van der Waals surface area contributed by atoms with Crippen molar-refractivity contribution in [3.05, 3.63) is 60.2 Å². The van der Waals surface area contributed by atoms with Crippen molar-refractivity contribution in [1.82, 2.24) is 9.80 Å². The summed E-state index contributed by atoms with van der Waals surface area (Å²) in [4.78, 5) is 31.5. The minimum atomic E-state index is -0.217. The number of anilines is 1. The van der Waals surface area contributed by atoms with Crippen LogP contribution in [0.15, 0.2) is 54.6 Å². The van der Waals surface area contributed by atoms with Crippen molar-refractivity contribution >= 4 is 17.5 Å². The quantitative estimate of drug-likeness (QED) is 0.738. The summed E-state index contributed by atoms with van der Waals surface area (Å²) < 4.78 is 5.47. The van der Waals surface area contributed by atoms with Crippen molar-refractivity contribution in [3.8, 4) is 5.75 Å². The largest absolute Gasteiger partial charge is 0.495 e. The maximum absolute atomic E-state index is 13.0. The summed E-state index contributed by atoms with van der Waals surface area (Å²) in [6.07, 6.45) is 1.16. The predicted molar refractivity (Wildman–Crippen MR) is 117 cm³/mol. The van der Waals surface area contributed by atoms with Crippen LogP contribution in [0.25, 0.3) is 0 Å². The van der Waals surface area contributed by atoms with Gasteiger partial charge in [-0.2, -0.15) is 0 Å². The zero-order valence-corrected chi connectivity index (χ0v) is 17.5. The van der Waals surface area contributed by atoms with Crippen LogP contribution in [0, 0.1) is 5.92 Å². The van der Waals surface area contributed by atoms with Crippen molar-refractivity contribution in [1.29, 1.82) is 0 Å². The van der Waals surface area contributed by atoms with Crippen LogP contribution in [-0.4, -0.2) is 68.0 Å². The van der Waals surface area contributed by atoms with E-state index in [2.05, 4.69) is 23.1 Å². The van der Waals surface area contributed by atoms with Crippen molar-refractivity contribution in [3.63, 3.8) is 0 Å². The zero-order chi connectivity index (χ0) is 20.9. The van der Waals surface area contributed by atoms with Gasteiger partial charge in [-0.05, 0) is 24.1 Å².